The van der Waals surface area contributed by atoms with Gasteiger partial charge >= 0.3 is 5.97 Å². The van der Waals surface area contributed by atoms with E-state index in [1.54, 1.807) is 19.9 Å². The summed E-state index contributed by atoms with van der Waals surface area (Å²) in [5, 5.41) is 14.3. The van der Waals surface area contributed by atoms with Crippen molar-refractivity contribution in [1.29, 1.82) is 0 Å². The molecular weight excluding hydrogens is 260 g/mol. The highest BCUT2D eigenvalue weighted by Crippen LogP contribution is 2.21. The molecule has 1 atom stereocenters. The van der Waals surface area contributed by atoms with Crippen LogP contribution < -0.4 is 10.6 Å². The molecule has 20 heavy (non-hydrogen) atoms. The van der Waals surface area contributed by atoms with Crippen LogP contribution in [0.5, 0.6) is 0 Å². The molecule has 0 bridgehead atoms. The summed E-state index contributed by atoms with van der Waals surface area (Å²) in [4.78, 5) is 34.2. The zero-order valence-corrected chi connectivity index (χ0v) is 11.3. The van der Waals surface area contributed by atoms with Crippen LogP contribution in [-0.4, -0.2) is 28.9 Å². The van der Waals surface area contributed by atoms with Gasteiger partial charge in [-0.15, -0.1) is 0 Å². The number of rotatable bonds is 3. The van der Waals surface area contributed by atoms with Crippen LogP contribution >= 0.6 is 0 Å². The summed E-state index contributed by atoms with van der Waals surface area (Å²) in [6.45, 7) is 3.51. The molecule has 1 aliphatic heterocycles. The van der Waals surface area contributed by atoms with E-state index in [2.05, 4.69) is 10.6 Å². The highest BCUT2D eigenvalue weighted by Gasteiger charge is 2.27. The topological polar surface area (TPSA) is 95.5 Å². The summed E-state index contributed by atoms with van der Waals surface area (Å²) in [5.74, 6) is -1.50. The molecule has 1 fully saturated rings. The molecule has 1 saturated heterocycles. The van der Waals surface area contributed by atoms with Crippen LogP contribution in [-0.2, 0) is 9.59 Å². The molecule has 2 amide bonds. The molecule has 3 N–H and O–H groups in total. The summed E-state index contributed by atoms with van der Waals surface area (Å²) < 4.78 is 0. The Bertz CT molecular complexity index is 595. The van der Waals surface area contributed by atoms with E-state index >= 15 is 0 Å². The lowest BCUT2D eigenvalue weighted by Gasteiger charge is -2.13. The second-order valence-corrected chi connectivity index (χ2v) is 4.92. The number of carboxylic acids is 1. The van der Waals surface area contributed by atoms with Gasteiger partial charge in [-0.1, -0.05) is 0 Å². The zero-order chi connectivity index (χ0) is 14.9. The van der Waals surface area contributed by atoms with Crippen LogP contribution in [0.4, 0.5) is 5.69 Å². The summed E-state index contributed by atoms with van der Waals surface area (Å²) in [6.07, 6.45) is 0.798. The monoisotopic (exact) mass is 276 g/mol. The first kappa shape index (κ1) is 14.0. The third-order valence-corrected chi connectivity index (χ3v) is 3.48. The molecule has 0 saturated carbocycles. The van der Waals surface area contributed by atoms with Crippen molar-refractivity contribution in [1.82, 2.24) is 5.32 Å². The van der Waals surface area contributed by atoms with Crippen LogP contribution in [0.15, 0.2) is 12.1 Å². The maximum atomic E-state index is 12.0. The number of benzene rings is 1. The van der Waals surface area contributed by atoms with Gasteiger partial charge in [0.15, 0.2) is 0 Å². The molecule has 6 nitrogen and oxygen atoms in total. The number of carboxylic acid groups (broad SMARTS) is 1. The number of amides is 2. The number of hydrogen-bond acceptors (Lipinski definition) is 3. The molecular formula is C14H16N2O4. The molecule has 0 aliphatic carbocycles. The van der Waals surface area contributed by atoms with Gasteiger partial charge in [-0.05, 0) is 43.5 Å². The first-order chi connectivity index (χ1) is 9.38. The van der Waals surface area contributed by atoms with E-state index in [0.29, 0.717) is 24.1 Å². The predicted octanol–water partition coefficient (Wildman–Crippen LogP) is 1.22. The standard InChI is InChI=1S/C14H16N2O4/c1-7-5-9(6-10(8(7)2)14(19)20)15-13(18)11-3-4-12(17)16-11/h5-6,11H,3-4H2,1-2H3,(H,15,18)(H,16,17)(H,19,20). The molecule has 1 heterocycles. The van der Waals surface area contributed by atoms with Crippen LogP contribution in [0.3, 0.4) is 0 Å². The maximum Gasteiger partial charge on any atom is 0.336 e. The van der Waals surface area contributed by atoms with Crippen LogP contribution in [0.25, 0.3) is 0 Å². The lowest BCUT2D eigenvalue weighted by atomic mass is 10.0. The van der Waals surface area contributed by atoms with E-state index in [1.165, 1.54) is 6.07 Å². The Labute approximate surface area is 116 Å². The van der Waals surface area contributed by atoms with Crippen molar-refractivity contribution in [2.45, 2.75) is 32.7 Å². The summed E-state index contributed by atoms with van der Waals surface area (Å²) >= 11 is 0. The Morgan fingerprint density at radius 1 is 1.35 bits per heavy atom. The number of carbonyl (C=O) groups excluding carboxylic acids is 2. The quantitative estimate of drug-likeness (QED) is 0.773. The Kier molecular flexibility index (Phi) is 3.74. The first-order valence-electron chi connectivity index (χ1n) is 6.33. The van der Waals surface area contributed by atoms with E-state index in [1.807, 2.05) is 0 Å². The van der Waals surface area contributed by atoms with Gasteiger partial charge in [0, 0.05) is 12.1 Å². The van der Waals surface area contributed by atoms with Crippen molar-refractivity contribution in [3.63, 3.8) is 0 Å². The fraction of sp³-hybridized carbons (Fsp3) is 0.357. The lowest BCUT2D eigenvalue weighted by molar-refractivity contribution is -0.122. The van der Waals surface area contributed by atoms with E-state index in [4.69, 9.17) is 5.11 Å². The Morgan fingerprint density at radius 2 is 2.05 bits per heavy atom. The van der Waals surface area contributed by atoms with Gasteiger partial charge in [0.05, 0.1) is 5.56 Å². The van der Waals surface area contributed by atoms with Gasteiger partial charge < -0.3 is 15.7 Å². The highest BCUT2D eigenvalue weighted by molar-refractivity contribution is 6.00. The number of aromatic carboxylic acids is 1. The van der Waals surface area contributed by atoms with Crippen molar-refractivity contribution in [3.05, 3.63) is 28.8 Å². The fourth-order valence-electron chi connectivity index (χ4n) is 2.19. The summed E-state index contributed by atoms with van der Waals surface area (Å²) in [7, 11) is 0. The van der Waals surface area contributed by atoms with E-state index in [0.717, 1.165) is 5.56 Å². The number of aryl methyl sites for hydroxylation is 1. The minimum Gasteiger partial charge on any atom is -0.478 e. The van der Waals surface area contributed by atoms with Gasteiger partial charge in [0.1, 0.15) is 6.04 Å². The summed E-state index contributed by atoms with van der Waals surface area (Å²) in [6, 6.07) is 2.60. The molecule has 106 valence electrons. The molecule has 1 aromatic carbocycles. The van der Waals surface area contributed by atoms with Crippen LogP contribution in [0.1, 0.15) is 34.3 Å². The van der Waals surface area contributed by atoms with Gasteiger partial charge in [-0.2, -0.15) is 0 Å². The van der Waals surface area contributed by atoms with Crippen molar-refractivity contribution < 1.29 is 19.5 Å². The number of nitrogens with one attached hydrogen (secondary N) is 2. The first-order valence-corrected chi connectivity index (χ1v) is 6.33. The summed E-state index contributed by atoms with van der Waals surface area (Å²) in [5.41, 5.74) is 2.05. The largest absolute Gasteiger partial charge is 0.478 e. The van der Waals surface area contributed by atoms with Crippen molar-refractivity contribution in [2.75, 3.05) is 5.32 Å². The minimum atomic E-state index is -1.03. The van der Waals surface area contributed by atoms with E-state index in [-0.39, 0.29) is 17.4 Å². The molecule has 2 rings (SSSR count). The van der Waals surface area contributed by atoms with Gasteiger partial charge in [0.2, 0.25) is 11.8 Å². The predicted molar refractivity (Wildman–Crippen MR) is 72.7 cm³/mol. The molecule has 0 radical (unpaired) electrons. The number of hydrogen-bond donors (Lipinski definition) is 3. The highest BCUT2D eigenvalue weighted by atomic mass is 16.4. The Morgan fingerprint density at radius 3 is 2.60 bits per heavy atom. The average Bonchev–Trinajstić information content (AvgIpc) is 2.80. The SMILES string of the molecule is Cc1cc(NC(=O)C2CCC(=O)N2)cc(C(=O)O)c1C. The van der Waals surface area contributed by atoms with Gasteiger partial charge in [-0.3, -0.25) is 9.59 Å². The van der Waals surface area contributed by atoms with Crippen molar-refractivity contribution >= 4 is 23.5 Å². The minimum absolute atomic E-state index is 0.142. The van der Waals surface area contributed by atoms with Crippen LogP contribution in [0.2, 0.25) is 0 Å². The average molecular weight is 276 g/mol. The molecule has 6 heteroatoms. The van der Waals surface area contributed by atoms with Crippen molar-refractivity contribution in [2.24, 2.45) is 0 Å². The lowest BCUT2D eigenvalue weighted by Crippen LogP contribution is -2.37. The smallest absolute Gasteiger partial charge is 0.336 e. The Balaban J connectivity index is 2.19. The fourth-order valence-corrected chi connectivity index (χ4v) is 2.19. The van der Waals surface area contributed by atoms with Crippen LogP contribution in [0, 0.1) is 13.8 Å². The second-order valence-electron chi connectivity index (χ2n) is 4.92. The zero-order valence-electron chi connectivity index (χ0n) is 11.3. The molecule has 0 aromatic heterocycles. The maximum absolute atomic E-state index is 12.0. The van der Waals surface area contributed by atoms with E-state index < -0.39 is 12.0 Å². The van der Waals surface area contributed by atoms with Crippen molar-refractivity contribution in [3.8, 4) is 0 Å². The number of carbonyl (C=O) groups is 3. The number of anilines is 1. The van der Waals surface area contributed by atoms with Gasteiger partial charge in [0.25, 0.3) is 0 Å². The normalized spacial score (nSPS) is 17.7. The Hall–Kier alpha value is -2.37. The molecule has 1 unspecified atom stereocenters. The van der Waals surface area contributed by atoms with Gasteiger partial charge in [-0.25, -0.2) is 4.79 Å². The molecule has 0 spiro atoms. The second kappa shape index (κ2) is 5.32. The third kappa shape index (κ3) is 2.79. The third-order valence-electron chi connectivity index (χ3n) is 3.48. The molecule has 1 aliphatic rings. The molecule has 1 aromatic rings. The van der Waals surface area contributed by atoms with E-state index in [9.17, 15) is 14.4 Å².